The van der Waals surface area contributed by atoms with Gasteiger partial charge >= 0.3 is 6.03 Å². The number of para-hydroxylation sites is 1. The largest absolute Gasteiger partial charge is 0.336 e. The molecule has 1 unspecified atom stereocenters. The molecule has 0 spiro atoms. The second-order valence-corrected chi connectivity index (χ2v) is 6.27. The predicted molar refractivity (Wildman–Crippen MR) is 98.2 cm³/mol. The van der Waals surface area contributed by atoms with E-state index in [-0.39, 0.29) is 18.0 Å². The van der Waals surface area contributed by atoms with Crippen molar-refractivity contribution in [2.45, 2.75) is 32.4 Å². The lowest BCUT2D eigenvalue weighted by Crippen LogP contribution is -2.39. The first kappa shape index (κ1) is 17.0. The summed E-state index contributed by atoms with van der Waals surface area (Å²) in [6.07, 6.45) is 1.19. The Morgan fingerprint density at radius 2 is 1.84 bits per heavy atom. The number of urea groups is 1. The number of rotatable bonds is 5. The van der Waals surface area contributed by atoms with E-state index >= 15 is 0 Å². The summed E-state index contributed by atoms with van der Waals surface area (Å²) < 4.78 is 0. The molecule has 1 heterocycles. The fourth-order valence-electron chi connectivity index (χ4n) is 3.12. The SMILES string of the molecule is CCc1ccccc1NC(=O)NC1CC(=O)N(Cc2ccccc2)C1. The lowest BCUT2D eigenvalue weighted by atomic mass is 10.1. The highest BCUT2D eigenvalue weighted by Crippen LogP contribution is 2.17. The number of hydrogen-bond acceptors (Lipinski definition) is 2. The fourth-order valence-corrected chi connectivity index (χ4v) is 3.12. The predicted octanol–water partition coefficient (Wildman–Crippen LogP) is 3.17. The van der Waals surface area contributed by atoms with E-state index in [0.29, 0.717) is 19.5 Å². The second kappa shape index (κ2) is 7.83. The molecule has 1 saturated heterocycles. The van der Waals surface area contributed by atoms with Gasteiger partial charge in [-0.3, -0.25) is 4.79 Å². The van der Waals surface area contributed by atoms with Gasteiger partial charge in [0.25, 0.3) is 0 Å². The Labute approximate surface area is 148 Å². The fraction of sp³-hybridized carbons (Fsp3) is 0.300. The zero-order valence-corrected chi connectivity index (χ0v) is 14.4. The van der Waals surface area contributed by atoms with E-state index in [1.165, 1.54) is 0 Å². The molecular formula is C20H23N3O2. The van der Waals surface area contributed by atoms with Crippen molar-refractivity contribution in [3.63, 3.8) is 0 Å². The molecule has 130 valence electrons. The number of nitrogens with one attached hydrogen (secondary N) is 2. The van der Waals surface area contributed by atoms with Crippen LogP contribution in [0.5, 0.6) is 0 Å². The second-order valence-electron chi connectivity index (χ2n) is 6.27. The van der Waals surface area contributed by atoms with E-state index in [4.69, 9.17) is 0 Å². The first-order valence-electron chi connectivity index (χ1n) is 8.63. The van der Waals surface area contributed by atoms with Crippen molar-refractivity contribution in [3.05, 3.63) is 65.7 Å². The van der Waals surface area contributed by atoms with Crippen LogP contribution in [0.4, 0.5) is 10.5 Å². The van der Waals surface area contributed by atoms with E-state index in [9.17, 15) is 9.59 Å². The van der Waals surface area contributed by atoms with Gasteiger partial charge in [-0.15, -0.1) is 0 Å². The van der Waals surface area contributed by atoms with E-state index in [1.807, 2.05) is 54.6 Å². The van der Waals surface area contributed by atoms with Crippen molar-refractivity contribution in [3.8, 4) is 0 Å². The van der Waals surface area contributed by atoms with Gasteiger partial charge in [0.05, 0.1) is 6.04 Å². The number of likely N-dealkylation sites (tertiary alicyclic amines) is 1. The minimum Gasteiger partial charge on any atom is -0.336 e. The molecule has 0 bridgehead atoms. The summed E-state index contributed by atoms with van der Waals surface area (Å²) >= 11 is 0. The molecule has 0 saturated carbocycles. The molecule has 3 amide bonds. The van der Waals surface area contributed by atoms with Crippen molar-refractivity contribution in [1.29, 1.82) is 0 Å². The number of aryl methyl sites for hydroxylation is 1. The van der Waals surface area contributed by atoms with Crippen LogP contribution >= 0.6 is 0 Å². The zero-order valence-electron chi connectivity index (χ0n) is 14.4. The Hall–Kier alpha value is -2.82. The summed E-state index contributed by atoms with van der Waals surface area (Å²) in [5.41, 5.74) is 3.00. The highest BCUT2D eigenvalue weighted by molar-refractivity contribution is 5.91. The lowest BCUT2D eigenvalue weighted by Gasteiger charge is -2.18. The molecule has 1 fully saturated rings. The molecule has 3 rings (SSSR count). The minimum absolute atomic E-state index is 0.0723. The first-order chi connectivity index (χ1) is 12.2. The third kappa shape index (κ3) is 4.38. The minimum atomic E-state index is -0.264. The van der Waals surface area contributed by atoms with Gasteiger partial charge in [0.2, 0.25) is 5.91 Å². The Bertz CT molecular complexity index is 746. The molecule has 2 aromatic carbocycles. The van der Waals surface area contributed by atoms with Crippen LogP contribution in [0.25, 0.3) is 0 Å². The number of carbonyl (C=O) groups is 2. The van der Waals surface area contributed by atoms with Gasteiger partial charge in [-0.05, 0) is 23.6 Å². The summed E-state index contributed by atoms with van der Waals surface area (Å²) in [6, 6.07) is 17.2. The maximum Gasteiger partial charge on any atom is 0.319 e. The molecule has 0 aromatic heterocycles. The van der Waals surface area contributed by atoms with Gasteiger partial charge in [-0.1, -0.05) is 55.5 Å². The van der Waals surface area contributed by atoms with Crippen LogP contribution in [0.15, 0.2) is 54.6 Å². The van der Waals surface area contributed by atoms with Crippen molar-refractivity contribution in [2.24, 2.45) is 0 Å². The monoisotopic (exact) mass is 337 g/mol. The van der Waals surface area contributed by atoms with Gasteiger partial charge in [0.1, 0.15) is 0 Å². The molecule has 25 heavy (non-hydrogen) atoms. The molecule has 1 aliphatic heterocycles. The van der Waals surface area contributed by atoms with Gasteiger partial charge in [0, 0.05) is 25.2 Å². The summed E-state index contributed by atoms with van der Waals surface area (Å²) in [5.74, 6) is 0.0723. The van der Waals surface area contributed by atoms with Crippen LogP contribution in [-0.4, -0.2) is 29.4 Å². The third-order valence-electron chi connectivity index (χ3n) is 4.41. The highest BCUT2D eigenvalue weighted by atomic mass is 16.2. The summed E-state index contributed by atoms with van der Waals surface area (Å²) in [7, 11) is 0. The van der Waals surface area contributed by atoms with Crippen LogP contribution in [0.2, 0.25) is 0 Å². The van der Waals surface area contributed by atoms with Gasteiger partial charge in [-0.25, -0.2) is 4.79 Å². The number of hydrogen-bond donors (Lipinski definition) is 2. The van der Waals surface area contributed by atoms with Crippen molar-refractivity contribution >= 4 is 17.6 Å². The maximum absolute atomic E-state index is 12.3. The van der Waals surface area contributed by atoms with Crippen LogP contribution < -0.4 is 10.6 Å². The van der Waals surface area contributed by atoms with Gasteiger partial charge < -0.3 is 15.5 Å². The molecule has 1 aliphatic rings. The number of benzene rings is 2. The first-order valence-corrected chi connectivity index (χ1v) is 8.63. The number of carbonyl (C=O) groups excluding carboxylic acids is 2. The van der Waals surface area contributed by atoms with Gasteiger partial charge in [-0.2, -0.15) is 0 Å². The van der Waals surface area contributed by atoms with Crippen molar-refractivity contribution in [2.75, 3.05) is 11.9 Å². The Morgan fingerprint density at radius 1 is 1.12 bits per heavy atom. The van der Waals surface area contributed by atoms with Gasteiger partial charge in [0.15, 0.2) is 0 Å². The Morgan fingerprint density at radius 3 is 2.60 bits per heavy atom. The molecule has 1 atom stereocenters. The molecule has 0 radical (unpaired) electrons. The number of amides is 3. The molecular weight excluding hydrogens is 314 g/mol. The van der Waals surface area contributed by atoms with Crippen molar-refractivity contribution in [1.82, 2.24) is 10.2 Å². The quantitative estimate of drug-likeness (QED) is 0.880. The average molecular weight is 337 g/mol. The van der Waals surface area contributed by atoms with Crippen LogP contribution in [0.3, 0.4) is 0 Å². The Balaban J connectivity index is 1.55. The lowest BCUT2D eigenvalue weighted by molar-refractivity contribution is -0.128. The molecule has 2 aromatic rings. The average Bonchev–Trinajstić information content (AvgIpc) is 2.95. The zero-order chi connectivity index (χ0) is 17.6. The van der Waals surface area contributed by atoms with E-state index in [2.05, 4.69) is 17.6 Å². The standard InChI is InChI=1S/C20H23N3O2/c1-2-16-10-6-7-11-18(16)22-20(25)21-17-12-19(24)23(14-17)13-15-8-4-3-5-9-15/h3-11,17H,2,12-14H2,1H3,(H2,21,22,25). The smallest absolute Gasteiger partial charge is 0.319 e. The summed E-state index contributed by atoms with van der Waals surface area (Å²) in [6.45, 7) is 3.17. The van der Waals surface area contributed by atoms with E-state index in [0.717, 1.165) is 23.2 Å². The number of nitrogens with zero attached hydrogens (tertiary/aromatic N) is 1. The summed E-state index contributed by atoms with van der Waals surface area (Å²) in [5, 5.41) is 5.80. The Kier molecular flexibility index (Phi) is 5.33. The third-order valence-corrected chi connectivity index (χ3v) is 4.41. The molecule has 5 nitrogen and oxygen atoms in total. The normalized spacial score (nSPS) is 16.8. The number of anilines is 1. The summed E-state index contributed by atoms with van der Waals surface area (Å²) in [4.78, 5) is 26.2. The highest BCUT2D eigenvalue weighted by Gasteiger charge is 2.30. The van der Waals surface area contributed by atoms with Crippen LogP contribution in [-0.2, 0) is 17.8 Å². The molecule has 0 aliphatic carbocycles. The maximum atomic E-state index is 12.3. The van der Waals surface area contributed by atoms with E-state index in [1.54, 1.807) is 4.90 Å². The van der Waals surface area contributed by atoms with Crippen LogP contribution in [0.1, 0.15) is 24.5 Å². The van der Waals surface area contributed by atoms with E-state index < -0.39 is 0 Å². The molecule has 2 N–H and O–H groups in total. The van der Waals surface area contributed by atoms with Crippen LogP contribution in [0, 0.1) is 0 Å². The topological polar surface area (TPSA) is 61.4 Å². The van der Waals surface area contributed by atoms with Crippen molar-refractivity contribution < 1.29 is 9.59 Å². The molecule has 5 heteroatoms.